The Kier molecular flexibility index (Phi) is 2.67. The van der Waals surface area contributed by atoms with Crippen LogP contribution in [0.5, 0.6) is 0 Å². The van der Waals surface area contributed by atoms with Gasteiger partial charge in [-0.05, 0) is 31.0 Å². The second kappa shape index (κ2) is 4.66. The van der Waals surface area contributed by atoms with Crippen molar-refractivity contribution >= 4 is 28.5 Å². The lowest BCUT2D eigenvalue weighted by Crippen LogP contribution is -2.14. The van der Waals surface area contributed by atoms with E-state index in [1.807, 2.05) is 18.2 Å². The minimum absolute atomic E-state index is 0.140. The molecule has 6 heteroatoms. The first-order valence-corrected chi connectivity index (χ1v) is 6.89. The lowest BCUT2D eigenvalue weighted by Gasteiger charge is -2.14. The van der Waals surface area contributed by atoms with Crippen molar-refractivity contribution in [3.05, 3.63) is 42.0 Å². The average molecular weight is 279 g/mol. The Morgan fingerprint density at radius 2 is 2.14 bits per heavy atom. The number of nitrogens with one attached hydrogen (secondary N) is 2. The summed E-state index contributed by atoms with van der Waals surface area (Å²) in [4.78, 5) is 27.7. The molecule has 4 rings (SSSR count). The van der Waals surface area contributed by atoms with Gasteiger partial charge >= 0.3 is 0 Å². The number of nitrogens with zero attached hydrogens (tertiary/aromatic N) is 3. The summed E-state index contributed by atoms with van der Waals surface area (Å²) in [5.41, 5.74) is 4.25. The summed E-state index contributed by atoms with van der Waals surface area (Å²) in [6.07, 6.45) is 5.58. The zero-order valence-corrected chi connectivity index (χ0v) is 11.3. The highest BCUT2D eigenvalue weighted by atomic mass is 16.1. The number of ketones is 1. The van der Waals surface area contributed by atoms with Gasteiger partial charge in [-0.2, -0.15) is 0 Å². The summed E-state index contributed by atoms with van der Waals surface area (Å²) in [6.45, 7) is 0. The van der Waals surface area contributed by atoms with Crippen molar-refractivity contribution in [2.45, 2.75) is 19.3 Å². The van der Waals surface area contributed by atoms with Crippen LogP contribution in [0, 0.1) is 0 Å². The Bertz CT molecular complexity index is 839. The minimum Gasteiger partial charge on any atom is -0.345 e. The molecule has 3 aromatic rings. The number of benzene rings is 1. The van der Waals surface area contributed by atoms with E-state index >= 15 is 0 Å². The van der Waals surface area contributed by atoms with E-state index in [0.717, 1.165) is 35.3 Å². The van der Waals surface area contributed by atoms with Gasteiger partial charge in [0, 0.05) is 18.3 Å². The van der Waals surface area contributed by atoms with E-state index in [4.69, 9.17) is 0 Å². The Morgan fingerprint density at radius 1 is 1.19 bits per heavy atom. The van der Waals surface area contributed by atoms with Crippen LogP contribution in [0.3, 0.4) is 0 Å². The fourth-order valence-electron chi connectivity index (χ4n) is 2.59. The molecule has 0 unspecified atom stereocenters. The molecule has 1 aliphatic carbocycles. The van der Waals surface area contributed by atoms with Gasteiger partial charge in [-0.3, -0.25) is 4.79 Å². The van der Waals surface area contributed by atoms with Gasteiger partial charge in [0.05, 0.1) is 28.6 Å². The summed E-state index contributed by atoms with van der Waals surface area (Å²) in [7, 11) is 0. The van der Waals surface area contributed by atoms with Crippen LogP contribution >= 0.6 is 0 Å². The lowest BCUT2D eigenvalue weighted by molar-refractivity contribution is 0.0971. The van der Waals surface area contributed by atoms with E-state index in [-0.39, 0.29) is 5.78 Å². The van der Waals surface area contributed by atoms with Crippen LogP contribution in [0.1, 0.15) is 28.9 Å². The molecule has 104 valence electrons. The van der Waals surface area contributed by atoms with Crippen molar-refractivity contribution in [1.82, 2.24) is 19.9 Å². The maximum Gasteiger partial charge on any atom is 0.227 e. The number of imidazole rings is 1. The van der Waals surface area contributed by atoms with E-state index < -0.39 is 0 Å². The monoisotopic (exact) mass is 279 g/mol. The third kappa shape index (κ3) is 2.14. The summed E-state index contributed by atoms with van der Waals surface area (Å²) >= 11 is 0. The Morgan fingerprint density at radius 3 is 3.10 bits per heavy atom. The van der Waals surface area contributed by atoms with Crippen molar-refractivity contribution < 1.29 is 4.79 Å². The molecular formula is C15H13N5O. The van der Waals surface area contributed by atoms with E-state index in [1.54, 1.807) is 12.5 Å². The molecule has 2 aromatic heterocycles. The number of fused-ring (bicyclic) bond motifs is 2. The number of anilines is 2. The highest BCUT2D eigenvalue weighted by Crippen LogP contribution is 2.22. The van der Waals surface area contributed by atoms with E-state index in [2.05, 4.69) is 25.3 Å². The number of carbonyl (C=O) groups is 1. The lowest BCUT2D eigenvalue weighted by atomic mass is 9.96. The first-order valence-electron chi connectivity index (χ1n) is 6.89. The van der Waals surface area contributed by atoms with Gasteiger partial charge in [0.2, 0.25) is 5.95 Å². The number of carbonyl (C=O) groups excluding carboxylic acids is 1. The first-order chi connectivity index (χ1) is 10.3. The second-order valence-corrected chi connectivity index (χ2v) is 5.09. The number of hydrogen-bond acceptors (Lipinski definition) is 5. The maximum atomic E-state index is 11.8. The number of Topliss-reactive ketones (excluding diaryl/α,β-unsaturated/α-hetero) is 1. The number of rotatable bonds is 2. The largest absolute Gasteiger partial charge is 0.345 e. The Balaban J connectivity index is 1.66. The summed E-state index contributed by atoms with van der Waals surface area (Å²) in [6, 6.07) is 5.81. The van der Waals surface area contributed by atoms with Gasteiger partial charge < -0.3 is 10.3 Å². The van der Waals surface area contributed by atoms with Crippen molar-refractivity contribution in [1.29, 1.82) is 0 Å². The summed E-state index contributed by atoms with van der Waals surface area (Å²) in [5.74, 6) is 0.656. The topological polar surface area (TPSA) is 83.6 Å². The molecule has 0 bridgehead atoms. The molecule has 2 heterocycles. The van der Waals surface area contributed by atoms with E-state index in [1.165, 1.54) is 0 Å². The van der Waals surface area contributed by atoms with Crippen molar-refractivity contribution in [3.8, 4) is 0 Å². The summed E-state index contributed by atoms with van der Waals surface area (Å²) in [5, 5.41) is 3.17. The molecule has 2 N–H and O–H groups in total. The molecule has 0 atom stereocenters. The van der Waals surface area contributed by atoms with Crippen molar-refractivity contribution in [2.24, 2.45) is 0 Å². The highest BCUT2D eigenvalue weighted by Gasteiger charge is 2.19. The SMILES string of the molecule is O=C1CCCc2nc(Nc3ccc4nc[nH]c4c3)ncc21. The third-order valence-corrected chi connectivity index (χ3v) is 3.66. The van der Waals surface area contributed by atoms with Gasteiger partial charge in [-0.25, -0.2) is 15.0 Å². The fraction of sp³-hybridized carbons (Fsp3) is 0.200. The molecule has 0 amide bonds. The molecule has 21 heavy (non-hydrogen) atoms. The smallest absolute Gasteiger partial charge is 0.227 e. The van der Waals surface area contributed by atoms with Crippen LogP contribution < -0.4 is 5.32 Å². The first kappa shape index (κ1) is 12.0. The quantitative estimate of drug-likeness (QED) is 0.753. The van der Waals surface area contributed by atoms with E-state index in [0.29, 0.717) is 17.9 Å². The zero-order valence-electron chi connectivity index (χ0n) is 11.3. The molecular weight excluding hydrogens is 266 g/mol. The van der Waals surface area contributed by atoms with Gasteiger partial charge in [-0.1, -0.05) is 0 Å². The van der Waals surface area contributed by atoms with Crippen LogP contribution in [-0.2, 0) is 6.42 Å². The molecule has 0 saturated carbocycles. The number of aryl methyl sites for hydroxylation is 1. The standard InChI is InChI=1S/C15H13N5O/c21-14-3-1-2-11-10(14)7-16-15(20-11)19-9-4-5-12-13(6-9)18-8-17-12/h4-8H,1-3H2,(H,17,18)(H,16,19,20). The number of H-pyrrole nitrogens is 1. The molecule has 0 radical (unpaired) electrons. The second-order valence-electron chi connectivity index (χ2n) is 5.09. The van der Waals surface area contributed by atoms with Crippen LogP contribution in [0.15, 0.2) is 30.7 Å². The third-order valence-electron chi connectivity index (χ3n) is 3.66. The number of aromatic amines is 1. The molecule has 0 saturated heterocycles. The molecule has 1 aromatic carbocycles. The van der Waals surface area contributed by atoms with Crippen LogP contribution in [0.4, 0.5) is 11.6 Å². The molecule has 0 spiro atoms. The summed E-state index contributed by atoms with van der Waals surface area (Å²) < 4.78 is 0. The number of hydrogen-bond donors (Lipinski definition) is 2. The normalized spacial score (nSPS) is 14.2. The zero-order chi connectivity index (χ0) is 14.2. The molecule has 0 fully saturated rings. The van der Waals surface area contributed by atoms with Crippen LogP contribution in [-0.4, -0.2) is 25.7 Å². The Labute approximate surface area is 120 Å². The fourth-order valence-corrected chi connectivity index (χ4v) is 2.59. The van der Waals surface area contributed by atoms with Crippen molar-refractivity contribution in [3.63, 3.8) is 0 Å². The highest BCUT2D eigenvalue weighted by molar-refractivity contribution is 5.97. The average Bonchev–Trinajstić information content (AvgIpc) is 2.95. The van der Waals surface area contributed by atoms with Gasteiger partial charge in [0.15, 0.2) is 5.78 Å². The van der Waals surface area contributed by atoms with Crippen molar-refractivity contribution in [2.75, 3.05) is 5.32 Å². The minimum atomic E-state index is 0.140. The molecule has 6 nitrogen and oxygen atoms in total. The van der Waals surface area contributed by atoms with Gasteiger partial charge in [-0.15, -0.1) is 0 Å². The molecule has 1 aliphatic rings. The van der Waals surface area contributed by atoms with E-state index in [9.17, 15) is 4.79 Å². The molecule has 0 aliphatic heterocycles. The van der Waals surface area contributed by atoms with Crippen LogP contribution in [0.2, 0.25) is 0 Å². The van der Waals surface area contributed by atoms with Crippen LogP contribution in [0.25, 0.3) is 11.0 Å². The Hall–Kier alpha value is -2.76. The number of aromatic nitrogens is 4. The predicted molar refractivity (Wildman–Crippen MR) is 78.7 cm³/mol. The predicted octanol–water partition coefficient (Wildman–Crippen LogP) is 2.62. The van der Waals surface area contributed by atoms with Gasteiger partial charge in [0.25, 0.3) is 0 Å². The van der Waals surface area contributed by atoms with Gasteiger partial charge in [0.1, 0.15) is 0 Å². The maximum absolute atomic E-state index is 11.8.